The van der Waals surface area contributed by atoms with Crippen LogP contribution in [0.15, 0.2) is 24.3 Å². The molecule has 0 heterocycles. The molecule has 0 radical (unpaired) electrons. The van der Waals surface area contributed by atoms with Gasteiger partial charge in [-0.3, -0.25) is 4.79 Å². The zero-order valence-corrected chi connectivity index (χ0v) is 11.6. The first-order valence-corrected chi connectivity index (χ1v) is 7.03. The highest BCUT2D eigenvalue weighted by Gasteiger charge is 2.27. The number of carboxylic acids is 1. The molecule has 0 bridgehead atoms. The Hall–Kier alpha value is -1.51. The van der Waals surface area contributed by atoms with Crippen LogP contribution in [-0.2, 0) is 4.79 Å². The summed E-state index contributed by atoms with van der Waals surface area (Å²) in [5.41, 5.74) is 1.31. The summed E-state index contributed by atoms with van der Waals surface area (Å²) in [7, 11) is 0. The molecule has 104 valence electrons. The minimum absolute atomic E-state index is 0.175. The van der Waals surface area contributed by atoms with Gasteiger partial charge >= 0.3 is 5.97 Å². The van der Waals surface area contributed by atoms with Crippen molar-refractivity contribution in [1.82, 2.24) is 0 Å². The van der Waals surface area contributed by atoms with Gasteiger partial charge in [0.1, 0.15) is 5.75 Å². The molecule has 2 unspecified atom stereocenters. The van der Waals surface area contributed by atoms with E-state index in [1.54, 1.807) is 0 Å². The zero-order valence-electron chi connectivity index (χ0n) is 11.6. The number of hydrogen-bond donors (Lipinski definition) is 1. The van der Waals surface area contributed by atoms with Gasteiger partial charge in [-0.15, -0.1) is 0 Å². The van der Waals surface area contributed by atoms with Crippen molar-refractivity contribution < 1.29 is 14.6 Å². The van der Waals surface area contributed by atoms with Gasteiger partial charge in [-0.1, -0.05) is 26.0 Å². The summed E-state index contributed by atoms with van der Waals surface area (Å²) in [5, 5.41) is 8.79. The maximum Gasteiger partial charge on any atom is 0.303 e. The molecule has 1 aliphatic carbocycles. The molecule has 3 nitrogen and oxygen atoms in total. The van der Waals surface area contributed by atoms with Gasteiger partial charge in [0.15, 0.2) is 0 Å². The van der Waals surface area contributed by atoms with Crippen LogP contribution in [0.3, 0.4) is 0 Å². The summed E-state index contributed by atoms with van der Waals surface area (Å²) in [6, 6.07) is 8.23. The topological polar surface area (TPSA) is 46.5 Å². The van der Waals surface area contributed by atoms with Gasteiger partial charge in [-0.25, -0.2) is 0 Å². The van der Waals surface area contributed by atoms with Crippen LogP contribution in [0.4, 0.5) is 0 Å². The minimum Gasteiger partial charge on any atom is -0.490 e. The minimum atomic E-state index is -0.702. The predicted molar refractivity (Wildman–Crippen MR) is 74.5 cm³/mol. The fourth-order valence-corrected chi connectivity index (χ4v) is 2.69. The van der Waals surface area contributed by atoms with Crippen LogP contribution < -0.4 is 4.74 Å². The molecule has 1 aromatic rings. The van der Waals surface area contributed by atoms with Crippen LogP contribution >= 0.6 is 0 Å². The summed E-state index contributed by atoms with van der Waals surface area (Å²) in [6.07, 6.45) is 3.23. The molecular formula is C16H22O3. The number of benzene rings is 1. The molecule has 0 spiro atoms. The maximum absolute atomic E-state index is 10.7. The predicted octanol–water partition coefficient (Wildman–Crippen LogP) is 3.83. The zero-order chi connectivity index (χ0) is 13.8. The van der Waals surface area contributed by atoms with Crippen molar-refractivity contribution in [1.29, 1.82) is 0 Å². The quantitative estimate of drug-likeness (QED) is 0.877. The second kappa shape index (κ2) is 6.09. The molecule has 1 aromatic carbocycles. The number of rotatable bonds is 5. The van der Waals surface area contributed by atoms with Gasteiger partial charge in [-0.2, -0.15) is 0 Å². The molecule has 1 saturated carbocycles. The Labute approximate surface area is 114 Å². The smallest absolute Gasteiger partial charge is 0.303 e. The largest absolute Gasteiger partial charge is 0.490 e. The molecule has 0 aliphatic heterocycles. The van der Waals surface area contributed by atoms with Gasteiger partial charge in [0, 0.05) is 6.42 Å². The van der Waals surface area contributed by atoms with Crippen molar-refractivity contribution in [2.75, 3.05) is 0 Å². The van der Waals surface area contributed by atoms with E-state index in [4.69, 9.17) is 9.84 Å². The third kappa shape index (κ3) is 3.98. The molecule has 19 heavy (non-hydrogen) atoms. The van der Waals surface area contributed by atoms with Gasteiger partial charge in [0.25, 0.3) is 0 Å². The van der Waals surface area contributed by atoms with E-state index in [2.05, 4.69) is 26.0 Å². The Bertz CT molecular complexity index is 422. The van der Waals surface area contributed by atoms with Crippen molar-refractivity contribution in [3.05, 3.63) is 29.8 Å². The first kappa shape index (κ1) is 13.9. The summed E-state index contributed by atoms with van der Waals surface area (Å²) in [6.45, 7) is 4.34. The van der Waals surface area contributed by atoms with E-state index in [0.717, 1.165) is 25.0 Å². The fourth-order valence-electron chi connectivity index (χ4n) is 2.69. The fraction of sp³-hybridized carbons (Fsp3) is 0.562. The highest BCUT2D eigenvalue weighted by atomic mass is 16.5. The van der Waals surface area contributed by atoms with E-state index < -0.39 is 5.97 Å². The van der Waals surface area contributed by atoms with Crippen LogP contribution in [-0.4, -0.2) is 17.2 Å². The molecule has 1 aliphatic rings. The Balaban J connectivity index is 1.86. The average Bonchev–Trinajstić information content (AvgIpc) is 2.76. The van der Waals surface area contributed by atoms with Crippen LogP contribution in [0.25, 0.3) is 0 Å². The lowest BCUT2D eigenvalue weighted by molar-refractivity contribution is -0.138. The van der Waals surface area contributed by atoms with Gasteiger partial charge < -0.3 is 9.84 Å². The highest BCUT2D eigenvalue weighted by Crippen LogP contribution is 2.31. The van der Waals surface area contributed by atoms with Crippen molar-refractivity contribution in [3.63, 3.8) is 0 Å². The standard InChI is InChI=1S/C16H22O3/c1-11(2)13-4-7-14(8-5-13)19-15-6-3-12(9-15)10-16(17)18/h4-5,7-8,11-12,15H,3,6,9-10H2,1-2H3,(H,17,18). The molecular weight excluding hydrogens is 240 g/mol. The maximum atomic E-state index is 10.7. The molecule has 2 atom stereocenters. The summed E-state index contributed by atoms with van der Waals surface area (Å²) in [4.78, 5) is 10.7. The highest BCUT2D eigenvalue weighted by molar-refractivity contribution is 5.67. The number of hydrogen-bond acceptors (Lipinski definition) is 2. The third-order valence-electron chi connectivity index (χ3n) is 3.81. The number of aliphatic carboxylic acids is 1. The lowest BCUT2D eigenvalue weighted by Crippen LogP contribution is -2.13. The van der Waals surface area contributed by atoms with Gasteiger partial charge in [-0.05, 0) is 48.8 Å². The normalized spacial score (nSPS) is 22.7. The van der Waals surface area contributed by atoms with Crippen LogP contribution in [0.1, 0.15) is 51.0 Å². The lowest BCUT2D eigenvalue weighted by Gasteiger charge is -2.14. The van der Waals surface area contributed by atoms with Crippen molar-refractivity contribution in [3.8, 4) is 5.75 Å². The molecule has 0 aromatic heterocycles. The van der Waals surface area contributed by atoms with E-state index in [9.17, 15) is 4.79 Å². The average molecular weight is 262 g/mol. The second-order valence-corrected chi connectivity index (χ2v) is 5.74. The molecule has 0 amide bonds. The third-order valence-corrected chi connectivity index (χ3v) is 3.81. The van der Waals surface area contributed by atoms with E-state index in [1.807, 2.05) is 12.1 Å². The first-order valence-electron chi connectivity index (χ1n) is 7.03. The Morgan fingerprint density at radius 1 is 1.32 bits per heavy atom. The summed E-state index contributed by atoms with van der Waals surface area (Å²) < 4.78 is 5.93. The molecule has 2 rings (SSSR count). The Morgan fingerprint density at radius 2 is 2.00 bits per heavy atom. The first-order chi connectivity index (χ1) is 9.04. The van der Waals surface area contributed by atoms with Crippen molar-refractivity contribution in [2.45, 2.75) is 51.6 Å². The van der Waals surface area contributed by atoms with E-state index in [1.165, 1.54) is 5.56 Å². The van der Waals surface area contributed by atoms with Crippen molar-refractivity contribution >= 4 is 5.97 Å². The summed E-state index contributed by atoms with van der Waals surface area (Å²) >= 11 is 0. The van der Waals surface area contributed by atoms with Gasteiger partial charge in [0.05, 0.1) is 6.10 Å². The van der Waals surface area contributed by atoms with E-state index in [0.29, 0.717) is 5.92 Å². The lowest BCUT2D eigenvalue weighted by atomic mass is 10.0. The number of ether oxygens (including phenoxy) is 1. The van der Waals surface area contributed by atoms with E-state index in [-0.39, 0.29) is 18.4 Å². The number of carboxylic acid groups (broad SMARTS) is 1. The van der Waals surface area contributed by atoms with Gasteiger partial charge in [0.2, 0.25) is 0 Å². The van der Waals surface area contributed by atoms with Crippen LogP contribution in [0.5, 0.6) is 5.75 Å². The Kier molecular flexibility index (Phi) is 4.46. The molecule has 3 heteroatoms. The SMILES string of the molecule is CC(C)c1ccc(OC2CCC(CC(=O)O)C2)cc1. The van der Waals surface area contributed by atoms with Crippen molar-refractivity contribution in [2.24, 2.45) is 5.92 Å². The van der Waals surface area contributed by atoms with E-state index >= 15 is 0 Å². The summed E-state index contributed by atoms with van der Waals surface area (Å²) in [5.74, 6) is 0.996. The molecule has 0 saturated heterocycles. The monoisotopic (exact) mass is 262 g/mol. The number of carbonyl (C=O) groups is 1. The second-order valence-electron chi connectivity index (χ2n) is 5.74. The Morgan fingerprint density at radius 3 is 2.58 bits per heavy atom. The molecule has 1 N–H and O–H groups in total. The van der Waals surface area contributed by atoms with Crippen LogP contribution in [0.2, 0.25) is 0 Å². The molecule has 1 fully saturated rings. The van der Waals surface area contributed by atoms with Crippen LogP contribution in [0, 0.1) is 5.92 Å².